The first-order valence-corrected chi connectivity index (χ1v) is 6.99. The molecule has 2 aromatic rings. The van der Waals surface area contributed by atoms with Gasteiger partial charge >= 0.3 is 6.03 Å². The average molecular weight is 304 g/mol. The second-order valence-electron chi connectivity index (χ2n) is 4.96. The number of nitrogens with two attached hydrogens (primary N) is 1. The van der Waals surface area contributed by atoms with E-state index in [0.717, 1.165) is 5.56 Å². The fraction of sp³-hybridized carbons (Fsp3) is 0.188. The lowest BCUT2D eigenvalue weighted by Crippen LogP contribution is -2.28. The number of benzene rings is 2. The molecule has 2 amide bonds. The van der Waals surface area contributed by atoms with Gasteiger partial charge in [-0.2, -0.15) is 0 Å². The highest BCUT2D eigenvalue weighted by molar-refractivity contribution is 6.31. The molecule has 110 valence electrons. The number of aryl methyl sites for hydroxylation is 2. The van der Waals surface area contributed by atoms with Gasteiger partial charge < -0.3 is 16.4 Å². The van der Waals surface area contributed by atoms with Gasteiger partial charge in [0.25, 0.3) is 0 Å². The summed E-state index contributed by atoms with van der Waals surface area (Å²) in [5.74, 6) is 0. The van der Waals surface area contributed by atoms with Crippen LogP contribution in [0.2, 0.25) is 5.02 Å². The van der Waals surface area contributed by atoms with Gasteiger partial charge in [-0.1, -0.05) is 29.8 Å². The summed E-state index contributed by atoms with van der Waals surface area (Å²) in [5, 5.41) is 6.03. The van der Waals surface area contributed by atoms with Crippen LogP contribution in [0.1, 0.15) is 16.7 Å². The molecule has 0 aliphatic rings. The first-order valence-electron chi connectivity index (χ1n) is 6.61. The molecule has 0 saturated heterocycles. The Kier molecular flexibility index (Phi) is 4.70. The van der Waals surface area contributed by atoms with Gasteiger partial charge in [-0.3, -0.25) is 0 Å². The highest BCUT2D eigenvalue weighted by atomic mass is 35.5. The van der Waals surface area contributed by atoms with E-state index >= 15 is 0 Å². The van der Waals surface area contributed by atoms with Gasteiger partial charge in [0.2, 0.25) is 0 Å². The van der Waals surface area contributed by atoms with Gasteiger partial charge in [0, 0.05) is 11.6 Å². The molecule has 21 heavy (non-hydrogen) atoms. The molecular formula is C16H18ClN3O. The third-order valence-electron chi connectivity index (χ3n) is 3.29. The van der Waals surface area contributed by atoms with E-state index in [1.807, 2.05) is 19.1 Å². The largest absolute Gasteiger partial charge is 0.397 e. The first-order chi connectivity index (χ1) is 9.95. The van der Waals surface area contributed by atoms with Crippen molar-refractivity contribution >= 4 is 29.0 Å². The van der Waals surface area contributed by atoms with Crippen LogP contribution in [0, 0.1) is 13.8 Å². The summed E-state index contributed by atoms with van der Waals surface area (Å²) in [6, 6.07) is 10.7. The van der Waals surface area contributed by atoms with E-state index in [4.69, 9.17) is 17.3 Å². The number of anilines is 2. The minimum Gasteiger partial charge on any atom is -0.397 e. The van der Waals surface area contributed by atoms with E-state index in [2.05, 4.69) is 23.6 Å². The maximum atomic E-state index is 11.9. The molecule has 0 aliphatic heterocycles. The zero-order chi connectivity index (χ0) is 15.4. The third-order valence-corrected chi connectivity index (χ3v) is 3.52. The van der Waals surface area contributed by atoms with Crippen LogP contribution in [0.3, 0.4) is 0 Å². The molecule has 0 aliphatic carbocycles. The van der Waals surface area contributed by atoms with Crippen LogP contribution in [0.5, 0.6) is 0 Å². The molecular weight excluding hydrogens is 286 g/mol. The topological polar surface area (TPSA) is 67.2 Å². The van der Waals surface area contributed by atoms with Crippen LogP contribution in [0.15, 0.2) is 36.4 Å². The summed E-state index contributed by atoms with van der Waals surface area (Å²) >= 11 is 5.81. The van der Waals surface area contributed by atoms with E-state index < -0.39 is 0 Å². The minimum absolute atomic E-state index is 0.303. The number of nitrogen functional groups attached to an aromatic ring is 1. The standard InChI is InChI=1S/C16H18ClN3O/c1-10-3-4-12(7-11(10)2)9-19-16(21)20-15-6-5-13(17)8-14(15)18/h3-8H,9,18H2,1-2H3,(H2,19,20,21). The van der Waals surface area contributed by atoms with Crippen molar-refractivity contribution in [2.24, 2.45) is 0 Å². The minimum atomic E-state index is -0.303. The summed E-state index contributed by atoms with van der Waals surface area (Å²) in [6.45, 7) is 4.57. The van der Waals surface area contributed by atoms with Crippen molar-refractivity contribution in [2.75, 3.05) is 11.1 Å². The molecule has 2 aromatic carbocycles. The second kappa shape index (κ2) is 6.50. The fourth-order valence-corrected chi connectivity index (χ4v) is 2.09. The smallest absolute Gasteiger partial charge is 0.319 e. The summed E-state index contributed by atoms with van der Waals surface area (Å²) < 4.78 is 0. The molecule has 0 spiro atoms. The Labute approximate surface area is 129 Å². The zero-order valence-corrected chi connectivity index (χ0v) is 12.8. The predicted molar refractivity (Wildman–Crippen MR) is 87.6 cm³/mol. The lowest BCUT2D eigenvalue weighted by atomic mass is 10.1. The summed E-state index contributed by atoms with van der Waals surface area (Å²) in [5.41, 5.74) is 10.3. The fourth-order valence-electron chi connectivity index (χ4n) is 1.91. The van der Waals surface area contributed by atoms with Crippen molar-refractivity contribution in [3.63, 3.8) is 0 Å². The van der Waals surface area contributed by atoms with Crippen molar-refractivity contribution in [2.45, 2.75) is 20.4 Å². The number of carbonyl (C=O) groups excluding carboxylic acids is 1. The third kappa shape index (κ3) is 4.13. The van der Waals surface area contributed by atoms with Crippen LogP contribution in [0.4, 0.5) is 16.2 Å². The van der Waals surface area contributed by atoms with Crippen molar-refractivity contribution in [3.8, 4) is 0 Å². The van der Waals surface area contributed by atoms with Crippen molar-refractivity contribution in [1.82, 2.24) is 5.32 Å². The molecule has 0 bridgehead atoms. The predicted octanol–water partition coefficient (Wildman–Crippen LogP) is 3.86. The lowest BCUT2D eigenvalue weighted by Gasteiger charge is -2.11. The van der Waals surface area contributed by atoms with Crippen molar-refractivity contribution in [1.29, 1.82) is 0 Å². The van der Waals surface area contributed by atoms with Crippen LogP contribution in [0.25, 0.3) is 0 Å². The van der Waals surface area contributed by atoms with E-state index in [9.17, 15) is 4.79 Å². The number of urea groups is 1. The number of halogens is 1. The van der Waals surface area contributed by atoms with Crippen LogP contribution < -0.4 is 16.4 Å². The van der Waals surface area contributed by atoms with Crippen molar-refractivity contribution in [3.05, 3.63) is 58.1 Å². The molecule has 0 saturated carbocycles. The zero-order valence-electron chi connectivity index (χ0n) is 12.0. The number of hydrogen-bond acceptors (Lipinski definition) is 2. The van der Waals surface area contributed by atoms with E-state index in [1.54, 1.807) is 18.2 Å². The summed E-state index contributed by atoms with van der Waals surface area (Å²) in [7, 11) is 0. The number of amides is 2. The molecule has 0 heterocycles. The molecule has 0 atom stereocenters. The van der Waals surface area contributed by atoms with Gasteiger partial charge in [0.05, 0.1) is 11.4 Å². The molecule has 0 fully saturated rings. The van der Waals surface area contributed by atoms with E-state index in [1.165, 1.54) is 11.1 Å². The summed E-state index contributed by atoms with van der Waals surface area (Å²) in [6.07, 6.45) is 0. The Bertz CT molecular complexity index is 671. The van der Waals surface area contributed by atoms with Crippen LogP contribution in [-0.4, -0.2) is 6.03 Å². The Morgan fingerprint density at radius 3 is 2.57 bits per heavy atom. The Balaban J connectivity index is 1.94. The molecule has 0 radical (unpaired) electrons. The van der Waals surface area contributed by atoms with Crippen LogP contribution in [-0.2, 0) is 6.54 Å². The van der Waals surface area contributed by atoms with Gasteiger partial charge in [-0.05, 0) is 48.7 Å². The van der Waals surface area contributed by atoms with E-state index in [0.29, 0.717) is 22.9 Å². The first kappa shape index (κ1) is 15.2. The van der Waals surface area contributed by atoms with Gasteiger partial charge in [-0.15, -0.1) is 0 Å². The molecule has 0 unspecified atom stereocenters. The number of nitrogens with one attached hydrogen (secondary N) is 2. The quantitative estimate of drug-likeness (QED) is 0.754. The molecule has 5 heteroatoms. The van der Waals surface area contributed by atoms with Gasteiger partial charge in [0.15, 0.2) is 0 Å². The molecule has 4 nitrogen and oxygen atoms in total. The maximum Gasteiger partial charge on any atom is 0.319 e. The lowest BCUT2D eigenvalue weighted by molar-refractivity contribution is 0.252. The van der Waals surface area contributed by atoms with E-state index in [-0.39, 0.29) is 6.03 Å². The number of rotatable bonds is 3. The SMILES string of the molecule is Cc1ccc(CNC(=O)Nc2ccc(Cl)cc2N)cc1C. The van der Waals surface area contributed by atoms with Gasteiger partial charge in [-0.25, -0.2) is 4.79 Å². The Morgan fingerprint density at radius 1 is 1.14 bits per heavy atom. The number of hydrogen-bond donors (Lipinski definition) is 3. The highest BCUT2D eigenvalue weighted by Crippen LogP contribution is 2.22. The second-order valence-corrected chi connectivity index (χ2v) is 5.39. The highest BCUT2D eigenvalue weighted by Gasteiger charge is 2.05. The van der Waals surface area contributed by atoms with Crippen LogP contribution >= 0.6 is 11.6 Å². The number of carbonyl (C=O) groups is 1. The normalized spacial score (nSPS) is 10.2. The Morgan fingerprint density at radius 2 is 1.90 bits per heavy atom. The average Bonchev–Trinajstić information content (AvgIpc) is 2.43. The molecule has 2 rings (SSSR count). The van der Waals surface area contributed by atoms with Gasteiger partial charge in [0.1, 0.15) is 0 Å². The molecule has 4 N–H and O–H groups in total. The molecule has 0 aromatic heterocycles. The van der Waals surface area contributed by atoms with Crippen molar-refractivity contribution < 1.29 is 4.79 Å². The Hall–Kier alpha value is -2.20. The summed E-state index contributed by atoms with van der Waals surface area (Å²) in [4.78, 5) is 11.9. The monoisotopic (exact) mass is 303 g/mol. The maximum absolute atomic E-state index is 11.9.